The monoisotopic (exact) mass is 531 g/mol. The van der Waals surface area contributed by atoms with Gasteiger partial charge in [0.05, 0.1) is 32.8 Å². The lowest BCUT2D eigenvalue weighted by Crippen LogP contribution is -2.15. The summed E-state index contributed by atoms with van der Waals surface area (Å²) in [4.78, 5) is 25.1. The summed E-state index contributed by atoms with van der Waals surface area (Å²) in [6.07, 6.45) is 4.78. The first-order chi connectivity index (χ1) is 17.8. The molecule has 0 radical (unpaired) electrons. The molecule has 0 saturated carbocycles. The van der Waals surface area contributed by atoms with Crippen molar-refractivity contribution in [3.63, 3.8) is 0 Å². The van der Waals surface area contributed by atoms with Crippen molar-refractivity contribution in [3.8, 4) is 16.9 Å². The summed E-state index contributed by atoms with van der Waals surface area (Å²) in [6.45, 7) is 0. The van der Waals surface area contributed by atoms with Gasteiger partial charge in [0.2, 0.25) is 0 Å². The molecule has 1 unspecified atom stereocenters. The van der Waals surface area contributed by atoms with Crippen LogP contribution in [0.1, 0.15) is 37.5 Å². The number of carbonyl (C=O) groups excluding carboxylic acids is 2. The number of rotatable bonds is 6. The summed E-state index contributed by atoms with van der Waals surface area (Å²) < 4.78 is 13.1. The van der Waals surface area contributed by atoms with E-state index >= 15 is 0 Å². The van der Waals surface area contributed by atoms with E-state index in [1.807, 2.05) is 42.5 Å². The van der Waals surface area contributed by atoms with Gasteiger partial charge in [-0.2, -0.15) is 5.10 Å². The molecule has 1 aliphatic rings. The fourth-order valence-corrected chi connectivity index (χ4v) is 5.07. The highest BCUT2D eigenvalue weighted by molar-refractivity contribution is 7.87. The van der Waals surface area contributed by atoms with Gasteiger partial charge >= 0.3 is 0 Å². The number of nitrogens with one attached hydrogen (secondary N) is 1. The fourth-order valence-electron chi connectivity index (χ4n) is 4.46. The van der Waals surface area contributed by atoms with Gasteiger partial charge in [-0.3, -0.25) is 9.59 Å². The number of benzene rings is 3. The summed E-state index contributed by atoms with van der Waals surface area (Å²) in [5.74, 6) is -0.904. The number of anilines is 1. The number of carbonyl (C=O) groups is 2. The molecule has 7 nitrogen and oxygen atoms in total. The number of primary amides is 1. The molecule has 0 spiro atoms. The van der Waals surface area contributed by atoms with E-state index in [4.69, 9.17) is 17.3 Å². The number of fused-ring (bicyclic) bond motifs is 3. The third kappa shape index (κ3) is 4.98. The van der Waals surface area contributed by atoms with Gasteiger partial charge in [0.1, 0.15) is 11.7 Å². The predicted molar refractivity (Wildman–Crippen MR) is 149 cm³/mol. The maximum atomic E-state index is 12.9. The fraction of sp³-hybridized carbons (Fsp3) is 0.107. The number of nitrogens with zero attached hydrogens (tertiary/aromatic N) is 2. The highest BCUT2D eigenvalue weighted by Crippen LogP contribution is 2.38. The molecule has 9 heteroatoms. The number of hydrogen-bond acceptors (Lipinski definition) is 4. The molecule has 1 aliphatic carbocycles. The van der Waals surface area contributed by atoms with Crippen LogP contribution < -0.4 is 11.1 Å². The van der Waals surface area contributed by atoms with Crippen LogP contribution in [-0.4, -0.2) is 27.9 Å². The second-order valence-electron chi connectivity index (χ2n) is 8.71. The molecule has 0 saturated heterocycles. The number of aromatic nitrogens is 2. The van der Waals surface area contributed by atoms with Gasteiger partial charge in [-0.25, -0.2) is 4.68 Å². The van der Waals surface area contributed by atoms with Crippen LogP contribution >= 0.6 is 11.6 Å². The highest BCUT2D eigenvalue weighted by atomic mass is 35.5. The molecule has 0 aliphatic heterocycles. The standard InChI is InChI=1S/C28H23ClN4O3S/c1-37(36)15-14-17-6-11-20(12-7-17)33-26-22(25(32-33)27(30)34)13-9-18-8-10-19(16-23(18)26)31-28(35)21-4-2-3-5-24(21)29/h2-8,10-12,14-16H,9,13H2,1H3,(H2,30,34)(H,31,35)/p+1/b15-14+. The molecular weight excluding hydrogens is 508 g/mol. The van der Waals surface area contributed by atoms with Crippen molar-refractivity contribution in [2.75, 3.05) is 11.6 Å². The Labute approximate surface area is 221 Å². The average Bonchev–Trinajstić information content (AvgIpc) is 3.28. The van der Waals surface area contributed by atoms with Crippen molar-refractivity contribution in [3.05, 3.63) is 105 Å². The molecule has 2 amide bonds. The van der Waals surface area contributed by atoms with Crippen LogP contribution in [0.25, 0.3) is 23.0 Å². The Morgan fingerprint density at radius 3 is 2.54 bits per heavy atom. The number of nitrogens with two attached hydrogens (primary N) is 1. The van der Waals surface area contributed by atoms with Crippen LogP contribution in [0.4, 0.5) is 5.69 Å². The largest absolute Gasteiger partial charge is 0.364 e. The van der Waals surface area contributed by atoms with E-state index in [1.54, 1.807) is 46.7 Å². The molecule has 37 heavy (non-hydrogen) atoms. The van der Waals surface area contributed by atoms with Crippen molar-refractivity contribution in [1.82, 2.24) is 9.78 Å². The van der Waals surface area contributed by atoms with Gasteiger partial charge < -0.3 is 11.1 Å². The maximum absolute atomic E-state index is 12.9. The Hall–Kier alpha value is -4.01. The summed E-state index contributed by atoms with van der Waals surface area (Å²) in [6, 6.07) is 20.1. The number of thiol groups is 1. The molecule has 1 atom stereocenters. The van der Waals surface area contributed by atoms with E-state index < -0.39 is 16.7 Å². The van der Waals surface area contributed by atoms with Crippen molar-refractivity contribution >= 4 is 46.0 Å². The van der Waals surface area contributed by atoms with Crippen molar-refractivity contribution in [2.45, 2.75) is 12.8 Å². The molecule has 3 aromatic carbocycles. The molecule has 186 valence electrons. The minimum absolute atomic E-state index is 0.234. The van der Waals surface area contributed by atoms with Gasteiger partial charge in [0, 0.05) is 16.8 Å². The van der Waals surface area contributed by atoms with E-state index in [2.05, 4.69) is 10.4 Å². The van der Waals surface area contributed by atoms with Gasteiger partial charge in [0.15, 0.2) is 5.69 Å². The van der Waals surface area contributed by atoms with E-state index in [0.717, 1.165) is 33.6 Å². The zero-order chi connectivity index (χ0) is 26.1. The van der Waals surface area contributed by atoms with Gasteiger partial charge in [-0.05, 0) is 66.4 Å². The Bertz CT molecular complexity index is 1590. The Morgan fingerprint density at radius 1 is 1.08 bits per heavy atom. The Morgan fingerprint density at radius 2 is 1.84 bits per heavy atom. The molecule has 5 rings (SSSR count). The second-order valence-corrected chi connectivity index (χ2v) is 10.5. The number of amides is 2. The topological polar surface area (TPSA) is 107 Å². The predicted octanol–water partition coefficient (Wildman–Crippen LogP) is 4.94. The van der Waals surface area contributed by atoms with Crippen LogP contribution in [0.3, 0.4) is 0 Å². The average molecular weight is 532 g/mol. The number of hydrogen-bond donors (Lipinski definition) is 2. The molecule has 1 aromatic heterocycles. The quantitative estimate of drug-likeness (QED) is 0.271. The molecule has 1 heterocycles. The second kappa shape index (κ2) is 10.2. The zero-order valence-corrected chi connectivity index (χ0v) is 21.6. The maximum Gasteiger partial charge on any atom is 0.269 e. The normalized spacial score (nSPS) is 13.1. The SMILES string of the molecule is C[SH+](=O)/C=C/c1ccc(-n2nc(C(N)=O)c3c2-c2cc(NC(=O)c4ccccc4Cl)ccc2CC3)cc1. The van der Waals surface area contributed by atoms with Crippen LogP contribution in [-0.2, 0) is 27.9 Å². The lowest BCUT2D eigenvalue weighted by atomic mass is 9.88. The zero-order valence-electron chi connectivity index (χ0n) is 19.9. The molecule has 3 N–H and O–H groups in total. The molecule has 0 bridgehead atoms. The first-order valence-electron chi connectivity index (χ1n) is 11.6. The number of aryl methyl sites for hydroxylation is 1. The minimum atomic E-state index is -1.38. The number of halogens is 1. The first kappa shape index (κ1) is 24.7. The van der Waals surface area contributed by atoms with E-state index in [0.29, 0.717) is 29.1 Å². The van der Waals surface area contributed by atoms with E-state index in [1.165, 1.54) is 0 Å². The smallest absolute Gasteiger partial charge is 0.269 e. The third-order valence-corrected chi connectivity index (χ3v) is 7.12. The van der Waals surface area contributed by atoms with Gasteiger partial charge in [-0.1, -0.05) is 41.9 Å². The van der Waals surface area contributed by atoms with Crippen molar-refractivity contribution in [2.24, 2.45) is 5.73 Å². The molecule has 0 fully saturated rings. The van der Waals surface area contributed by atoms with Gasteiger partial charge in [-0.15, -0.1) is 4.21 Å². The van der Waals surface area contributed by atoms with Crippen LogP contribution in [0.2, 0.25) is 5.02 Å². The van der Waals surface area contributed by atoms with Crippen LogP contribution in [0, 0.1) is 0 Å². The van der Waals surface area contributed by atoms with Crippen LogP contribution in [0.15, 0.2) is 72.1 Å². The Kier molecular flexibility index (Phi) is 6.78. The van der Waals surface area contributed by atoms with Crippen molar-refractivity contribution in [1.29, 1.82) is 0 Å². The van der Waals surface area contributed by atoms with E-state index in [-0.39, 0.29) is 11.6 Å². The third-order valence-electron chi connectivity index (χ3n) is 6.22. The molecular formula is C28H24ClN4O3S+. The summed E-state index contributed by atoms with van der Waals surface area (Å²) >= 11 is 6.20. The van der Waals surface area contributed by atoms with Gasteiger partial charge in [0.25, 0.3) is 11.8 Å². The van der Waals surface area contributed by atoms with E-state index in [9.17, 15) is 13.8 Å². The van der Waals surface area contributed by atoms with Crippen molar-refractivity contribution < 1.29 is 13.8 Å². The summed E-state index contributed by atoms with van der Waals surface area (Å²) in [7, 11) is -1.38. The highest BCUT2D eigenvalue weighted by Gasteiger charge is 2.28. The first-order valence-corrected chi connectivity index (χ1v) is 13.8. The lowest BCUT2D eigenvalue weighted by molar-refractivity contribution is 0.0992. The summed E-state index contributed by atoms with van der Waals surface area (Å²) in [5, 5.41) is 9.53. The summed E-state index contributed by atoms with van der Waals surface area (Å²) in [5.41, 5.74) is 12.0. The minimum Gasteiger partial charge on any atom is -0.364 e. The Balaban J connectivity index is 1.57. The lowest BCUT2D eigenvalue weighted by Gasteiger charge is -2.20. The van der Waals surface area contributed by atoms with Crippen LogP contribution in [0.5, 0.6) is 0 Å². The molecule has 4 aromatic rings.